The maximum absolute atomic E-state index is 4.55. The Labute approximate surface area is 137 Å². The quantitative estimate of drug-likeness (QED) is 0.732. The predicted octanol–water partition coefficient (Wildman–Crippen LogP) is 4.50. The zero-order chi connectivity index (χ0) is 15.7. The third-order valence-electron chi connectivity index (χ3n) is 5.26. The van der Waals surface area contributed by atoms with Crippen molar-refractivity contribution in [2.24, 2.45) is 0 Å². The van der Waals surface area contributed by atoms with Crippen LogP contribution in [0.4, 0.5) is 0 Å². The lowest BCUT2D eigenvalue weighted by atomic mass is 9.66. The number of piperidine rings is 1. The molecule has 2 heteroatoms. The summed E-state index contributed by atoms with van der Waals surface area (Å²) in [7, 11) is 0. The molecule has 116 valence electrons. The van der Waals surface area contributed by atoms with Crippen LogP contribution in [0.15, 0.2) is 67.4 Å². The summed E-state index contributed by atoms with van der Waals surface area (Å²) in [4.78, 5) is 3.27. The molecule has 1 aliphatic rings. The van der Waals surface area contributed by atoms with Gasteiger partial charge in [0.15, 0.2) is 0 Å². The molecule has 1 aliphatic heterocycles. The Kier molecular flexibility index (Phi) is 3.55. The highest BCUT2D eigenvalue weighted by atomic mass is 14.9. The summed E-state index contributed by atoms with van der Waals surface area (Å²) in [6, 6.07) is 19.6. The van der Waals surface area contributed by atoms with Gasteiger partial charge in [-0.3, -0.25) is 0 Å². The minimum Gasteiger partial charge on any atom is -0.361 e. The zero-order valence-electron chi connectivity index (χ0n) is 13.3. The Morgan fingerprint density at radius 1 is 0.957 bits per heavy atom. The molecule has 0 unspecified atom stereocenters. The zero-order valence-corrected chi connectivity index (χ0v) is 13.3. The van der Waals surface area contributed by atoms with E-state index in [-0.39, 0.29) is 5.41 Å². The van der Waals surface area contributed by atoms with Crippen LogP contribution in [0, 0.1) is 0 Å². The molecule has 23 heavy (non-hydrogen) atoms. The van der Waals surface area contributed by atoms with E-state index in [0.29, 0.717) is 0 Å². The number of hydrogen-bond donors (Lipinski definition) is 2. The van der Waals surface area contributed by atoms with Gasteiger partial charge in [-0.1, -0.05) is 43.0 Å². The fourth-order valence-corrected chi connectivity index (χ4v) is 3.89. The molecule has 1 fully saturated rings. The van der Waals surface area contributed by atoms with E-state index >= 15 is 0 Å². The molecule has 2 aromatic carbocycles. The average Bonchev–Trinajstić information content (AvgIpc) is 3.10. The second kappa shape index (κ2) is 5.71. The van der Waals surface area contributed by atoms with Gasteiger partial charge in [-0.2, -0.15) is 0 Å². The summed E-state index contributed by atoms with van der Waals surface area (Å²) < 4.78 is 0. The first-order valence-corrected chi connectivity index (χ1v) is 8.33. The van der Waals surface area contributed by atoms with Gasteiger partial charge in [0.2, 0.25) is 0 Å². The fourth-order valence-electron chi connectivity index (χ4n) is 3.89. The molecule has 2 nitrogen and oxygen atoms in total. The molecular formula is C21H22N2. The van der Waals surface area contributed by atoms with Crippen molar-refractivity contribution in [1.29, 1.82) is 0 Å². The maximum Gasteiger partial charge on any atom is 0.0454 e. The maximum atomic E-state index is 4.55. The largest absolute Gasteiger partial charge is 0.361 e. The van der Waals surface area contributed by atoms with Crippen LogP contribution in [0.5, 0.6) is 0 Å². The van der Waals surface area contributed by atoms with Gasteiger partial charge < -0.3 is 10.3 Å². The Bertz CT molecular complexity index is 823. The lowest BCUT2D eigenvalue weighted by molar-refractivity contribution is 0.386. The molecule has 2 N–H and O–H groups in total. The van der Waals surface area contributed by atoms with Gasteiger partial charge in [0, 0.05) is 17.1 Å². The van der Waals surface area contributed by atoms with E-state index in [9.17, 15) is 0 Å². The molecule has 0 bridgehead atoms. The Morgan fingerprint density at radius 3 is 2.52 bits per heavy atom. The second-order valence-electron chi connectivity index (χ2n) is 6.46. The van der Waals surface area contributed by atoms with Crippen LogP contribution < -0.4 is 5.32 Å². The molecule has 1 saturated heterocycles. The van der Waals surface area contributed by atoms with Crippen molar-refractivity contribution >= 4 is 16.5 Å². The van der Waals surface area contributed by atoms with Crippen LogP contribution >= 0.6 is 0 Å². The van der Waals surface area contributed by atoms with E-state index in [0.717, 1.165) is 25.9 Å². The number of benzene rings is 2. The topological polar surface area (TPSA) is 27.8 Å². The number of aromatic amines is 1. The highest BCUT2D eigenvalue weighted by molar-refractivity contribution is 5.85. The number of fused-ring (bicyclic) bond motifs is 1. The number of aromatic nitrogens is 1. The molecule has 2 heterocycles. The summed E-state index contributed by atoms with van der Waals surface area (Å²) >= 11 is 0. The molecular weight excluding hydrogens is 280 g/mol. The average molecular weight is 302 g/mol. The fraction of sp³-hybridized carbons (Fsp3) is 0.238. The molecule has 0 amide bonds. The third-order valence-corrected chi connectivity index (χ3v) is 5.26. The summed E-state index contributed by atoms with van der Waals surface area (Å²) in [5.74, 6) is 0. The van der Waals surface area contributed by atoms with Crippen molar-refractivity contribution in [2.75, 3.05) is 13.1 Å². The van der Waals surface area contributed by atoms with E-state index in [2.05, 4.69) is 71.5 Å². The van der Waals surface area contributed by atoms with Gasteiger partial charge in [0.1, 0.15) is 0 Å². The minimum atomic E-state index is 0.0382. The number of allylic oxidation sites excluding steroid dienone is 1. The van der Waals surface area contributed by atoms with Gasteiger partial charge in [-0.05, 0) is 66.2 Å². The molecule has 0 spiro atoms. The van der Waals surface area contributed by atoms with Gasteiger partial charge in [0.05, 0.1) is 0 Å². The van der Waals surface area contributed by atoms with E-state index in [1.54, 1.807) is 0 Å². The highest BCUT2D eigenvalue weighted by Gasteiger charge is 2.37. The standard InChI is InChI=1S/C21H22N2/c1-16(17-7-8-20-18(15-17)9-12-23-20)21(10-13-22-14-11-21)19-5-3-2-4-6-19/h2-9,12,15,22-23H,1,10-11,13-14H2. The summed E-state index contributed by atoms with van der Waals surface area (Å²) in [5.41, 5.74) is 5.11. The Balaban J connectivity index is 1.80. The second-order valence-corrected chi connectivity index (χ2v) is 6.46. The van der Waals surface area contributed by atoms with Crippen LogP contribution in [-0.2, 0) is 5.41 Å². The molecule has 0 atom stereocenters. The molecule has 1 aromatic heterocycles. The highest BCUT2D eigenvalue weighted by Crippen LogP contribution is 2.44. The third kappa shape index (κ3) is 2.40. The SMILES string of the molecule is C=C(c1ccc2[nH]ccc2c1)C1(c2ccccc2)CCNCC1. The molecule has 4 rings (SSSR count). The van der Waals surface area contributed by atoms with E-state index in [1.807, 2.05) is 6.20 Å². The Hall–Kier alpha value is -2.32. The van der Waals surface area contributed by atoms with Crippen LogP contribution in [-0.4, -0.2) is 18.1 Å². The summed E-state index contributed by atoms with van der Waals surface area (Å²) in [6.07, 6.45) is 4.19. The number of nitrogens with one attached hydrogen (secondary N) is 2. The molecule has 0 radical (unpaired) electrons. The normalized spacial score (nSPS) is 17.2. The lowest BCUT2D eigenvalue weighted by Crippen LogP contribution is -2.40. The van der Waals surface area contributed by atoms with Crippen molar-refractivity contribution in [3.8, 4) is 0 Å². The van der Waals surface area contributed by atoms with Crippen molar-refractivity contribution in [2.45, 2.75) is 18.3 Å². The molecule has 0 aliphatic carbocycles. The first-order chi connectivity index (χ1) is 11.3. The van der Waals surface area contributed by atoms with Gasteiger partial charge in [-0.25, -0.2) is 0 Å². The van der Waals surface area contributed by atoms with Crippen LogP contribution in [0.25, 0.3) is 16.5 Å². The first-order valence-electron chi connectivity index (χ1n) is 8.33. The van der Waals surface area contributed by atoms with Crippen LogP contribution in [0.1, 0.15) is 24.0 Å². The minimum absolute atomic E-state index is 0.0382. The van der Waals surface area contributed by atoms with E-state index in [1.165, 1.54) is 27.6 Å². The monoisotopic (exact) mass is 302 g/mol. The van der Waals surface area contributed by atoms with Gasteiger partial charge in [-0.15, -0.1) is 0 Å². The first kappa shape index (κ1) is 14.3. The smallest absolute Gasteiger partial charge is 0.0454 e. The molecule has 0 saturated carbocycles. The number of H-pyrrole nitrogens is 1. The lowest BCUT2D eigenvalue weighted by Gasteiger charge is -2.40. The predicted molar refractivity (Wildman–Crippen MR) is 97.6 cm³/mol. The summed E-state index contributed by atoms with van der Waals surface area (Å²) in [5, 5.41) is 4.75. The molecule has 3 aromatic rings. The van der Waals surface area contributed by atoms with Crippen LogP contribution in [0.3, 0.4) is 0 Å². The van der Waals surface area contributed by atoms with Gasteiger partial charge >= 0.3 is 0 Å². The summed E-state index contributed by atoms with van der Waals surface area (Å²) in [6.45, 7) is 6.63. The number of rotatable bonds is 3. The number of hydrogen-bond acceptors (Lipinski definition) is 1. The van der Waals surface area contributed by atoms with Crippen molar-refractivity contribution in [3.05, 3.63) is 78.5 Å². The van der Waals surface area contributed by atoms with E-state index in [4.69, 9.17) is 0 Å². The van der Waals surface area contributed by atoms with Crippen molar-refractivity contribution in [3.63, 3.8) is 0 Å². The van der Waals surface area contributed by atoms with Crippen LogP contribution in [0.2, 0.25) is 0 Å². The van der Waals surface area contributed by atoms with Gasteiger partial charge in [0.25, 0.3) is 0 Å². The van der Waals surface area contributed by atoms with Crippen molar-refractivity contribution < 1.29 is 0 Å². The Morgan fingerprint density at radius 2 is 1.74 bits per heavy atom. The van der Waals surface area contributed by atoms with E-state index < -0.39 is 0 Å². The van der Waals surface area contributed by atoms with Crippen molar-refractivity contribution in [1.82, 2.24) is 10.3 Å².